The van der Waals surface area contributed by atoms with E-state index >= 15 is 0 Å². The van der Waals surface area contributed by atoms with Gasteiger partial charge in [0, 0.05) is 23.4 Å². The van der Waals surface area contributed by atoms with Crippen LogP contribution in [0, 0.1) is 6.92 Å². The number of rotatable bonds is 4. The number of nitrogen functional groups attached to an aromatic ring is 1. The van der Waals surface area contributed by atoms with Crippen LogP contribution >= 0.6 is 0 Å². The van der Waals surface area contributed by atoms with Crippen LogP contribution in [-0.2, 0) is 10.0 Å². The lowest BCUT2D eigenvalue weighted by atomic mass is 10.3. The molecule has 21 heavy (non-hydrogen) atoms. The van der Waals surface area contributed by atoms with Crippen LogP contribution < -0.4 is 10.5 Å². The van der Waals surface area contributed by atoms with Gasteiger partial charge in [-0.3, -0.25) is 4.72 Å². The first kappa shape index (κ1) is 13.8. The Bertz CT molecular complexity index is 768. The van der Waals surface area contributed by atoms with Crippen molar-refractivity contribution in [1.82, 2.24) is 9.97 Å². The lowest BCUT2D eigenvalue weighted by Crippen LogP contribution is -2.15. The zero-order valence-electron chi connectivity index (χ0n) is 11.6. The average molecular weight is 304 g/mol. The molecule has 0 radical (unpaired) electrons. The molecule has 2 aromatic rings. The molecule has 1 aliphatic rings. The van der Waals surface area contributed by atoms with Crippen molar-refractivity contribution in [1.29, 1.82) is 0 Å². The Morgan fingerprint density at radius 2 is 1.86 bits per heavy atom. The maximum atomic E-state index is 12.3. The normalized spacial score (nSPS) is 14.9. The summed E-state index contributed by atoms with van der Waals surface area (Å²) in [6.45, 7) is 1.83. The molecule has 1 saturated carbocycles. The summed E-state index contributed by atoms with van der Waals surface area (Å²) in [6.07, 6.45) is 2.13. The third-order valence-electron chi connectivity index (χ3n) is 3.24. The largest absolute Gasteiger partial charge is 0.399 e. The van der Waals surface area contributed by atoms with Gasteiger partial charge in [-0.25, -0.2) is 18.4 Å². The van der Waals surface area contributed by atoms with Crippen molar-refractivity contribution < 1.29 is 8.42 Å². The minimum Gasteiger partial charge on any atom is -0.399 e. The number of sulfonamides is 1. The predicted octanol–water partition coefficient (Wildman–Crippen LogP) is 2.05. The van der Waals surface area contributed by atoms with Crippen LogP contribution in [0.25, 0.3) is 0 Å². The van der Waals surface area contributed by atoms with Crippen LogP contribution in [0.3, 0.4) is 0 Å². The van der Waals surface area contributed by atoms with Crippen LogP contribution in [-0.4, -0.2) is 18.4 Å². The van der Waals surface area contributed by atoms with Gasteiger partial charge in [-0.2, -0.15) is 0 Å². The second kappa shape index (κ2) is 5.00. The molecule has 0 unspecified atom stereocenters. The second-order valence-corrected chi connectivity index (χ2v) is 6.88. The summed E-state index contributed by atoms with van der Waals surface area (Å²) in [6, 6.07) is 7.66. The third-order valence-corrected chi connectivity index (χ3v) is 4.61. The summed E-state index contributed by atoms with van der Waals surface area (Å²) in [5.41, 5.74) is 6.83. The van der Waals surface area contributed by atoms with Crippen LogP contribution in [0.5, 0.6) is 0 Å². The van der Waals surface area contributed by atoms with Gasteiger partial charge in [0.25, 0.3) is 10.0 Å². The molecule has 0 saturated heterocycles. The minimum absolute atomic E-state index is 0.154. The molecular formula is C14H16N4O2S. The van der Waals surface area contributed by atoms with E-state index in [9.17, 15) is 8.42 Å². The summed E-state index contributed by atoms with van der Waals surface area (Å²) in [7, 11) is -3.66. The number of benzene rings is 1. The van der Waals surface area contributed by atoms with E-state index in [-0.39, 0.29) is 4.90 Å². The average Bonchev–Trinajstić information content (AvgIpc) is 3.22. The van der Waals surface area contributed by atoms with Crippen LogP contribution in [0.4, 0.5) is 11.5 Å². The van der Waals surface area contributed by atoms with E-state index < -0.39 is 10.0 Å². The highest BCUT2D eigenvalue weighted by molar-refractivity contribution is 7.92. The molecule has 0 aliphatic heterocycles. The molecule has 1 aromatic heterocycles. The van der Waals surface area contributed by atoms with Gasteiger partial charge in [0.05, 0.1) is 4.90 Å². The van der Waals surface area contributed by atoms with E-state index in [0.29, 0.717) is 23.2 Å². The highest BCUT2D eigenvalue weighted by Gasteiger charge is 2.27. The van der Waals surface area contributed by atoms with Crippen molar-refractivity contribution in [3.63, 3.8) is 0 Å². The number of nitrogens with one attached hydrogen (secondary N) is 1. The van der Waals surface area contributed by atoms with Crippen LogP contribution in [0.15, 0.2) is 35.2 Å². The fraction of sp³-hybridized carbons (Fsp3) is 0.286. The van der Waals surface area contributed by atoms with Gasteiger partial charge in [0.15, 0.2) is 0 Å². The number of aromatic nitrogens is 2. The number of anilines is 2. The fourth-order valence-corrected chi connectivity index (χ4v) is 3.00. The molecule has 1 aromatic carbocycles. The Morgan fingerprint density at radius 3 is 2.48 bits per heavy atom. The molecule has 3 N–H and O–H groups in total. The van der Waals surface area contributed by atoms with Gasteiger partial charge in [-0.1, -0.05) is 0 Å². The highest BCUT2D eigenvalue weighted by atomic mass is 32.2. The van der Waals surface area contributed by atoms with Gasteiger partial charge in [0.1, 0.15) is 11.6 Å². The molecule has 3 rings (SSSR count). The molecule has 7 heteroatoms. The zero-order valence-corrected chi connectivity index (χ0v) is 12.4. The third kappa shape index (κ3) is 3.13. The molecule has 1 fully saturated rings. The van der Waals surface area contributed by atoms with Crippen molar-refractivity contribution in [3.8, 4) is 0 Å². The van der Waals surface area contributed by atoms with Gasteiger partial charge < -0.3 is 5.73 Å². The smallest absolute Gasteiger partial charge is 0.263 e. The maximum Gasteiger partial charge on any atom is 0.263 e. The molecule has 1 aliphatic carbocycles. The number of hydrogen-bond donors (Lipinski definition) is 2. The van der Waals surface area contributed by atoms with E-state index in [0.717, 1.165) is 18.5 Å². The van der Waals surface area contributed by atoms with E-state index in [4.69, 9.17) is 5.73 Å². The monoisotopic (exact) mass is 304 g/mol. The van der Waals surface area contributed by atoms with E-state index in [1.165, 1.54) is 12.1 Å². The quantitative estimate of drug-likeness (QED) is 0.842. The summed E-state index contributed by atoms with van der Waals surface area (Å²) in [4.78, 5) is 8.80. The highest BCUT2D eigenvalue weighted by Crippen LogP contribution is 2.38. The summed E-state index contributed by atoms with van der Waals surface area (Å²) < 4.78 is 27.1. The van der Waals surface area contributed by atoms with Gasteiger partial charge in [-0.05, 0) is 44.0 Å². The first-order chi connectivity index (χ1) is 9.94. The predicted molar refractivity (Wildman–Crippen MR) is 80.4 cm³/mol. The lowest BCUT2D eigenvalue weighted by Gasteiger charge is -2.09. The summed E-state index contributed by atoms with van der Waals surface area (Å²) in [5.74, 6) is 1.39. The van der Waals surface area contributed by atoms with Gasteiger partial charge >= 0.3 is 0 Å². The maximum absolute atomic E-state index is 12.3. The number of nitrogens with two attached hydrogens (primary N) is 1. The standard InChI is InChI=1S/C14H16N4O2S/c1-9-8-13(17-14(16-9)10-2-3-10)18-21(19,20)12-6-4-11(15)5-7-12/h4-8,10H,2-3,15H2,1H3,(H,16,17,18). The van der Waals surface area contributed by atoms with E-state index in [1.807, 2.05) is 6.92 Å². The Kier molecular flexibility index (Phi) is 3.29. The second-order valence-electron chi connectivity index (χ2n) is 5.20. The number of nitrogens with zero attached hydrogens (tertiary/aromatic N) is 2. The van der Waals surface area contributed by atoms with Crippen molar-refractivity contribution >= 4 is 21.5 Å². The minimum atomic E-state index is -3.66. The van der Waals surface area contributed by atoms with Gasteiger partial charge in [-0.15, -0.1) is 0 Å². The Hall–Kier alpha value is -2.15. The van der Waals surface area contributed by atoms with Crippen molar-refractivity contribution in [2.24, 2.45) is 0 Å². The Labute approximate surface area is 123 Å². The lowest BCUT2D eigenvalue weighted by molar-refractivity contribution is 0.601. The molecule has 1 heterocycles. The topological polar surface area (TPSA) is 98.0 Å². The SMILES string of the molecule is Cc1cc(NS(=O)(=O)c2ccc(N)cc2)nc(C2CC2)n1. The Morgan fingerprint density at radius 1 is 1.19 bits per heavy atom. The van der Waals surface area contributed by atoms with Crippen molar-refractivity contribution in [2.75, 3.05) is 10.5 Å². The summed E-state index contributed by atoms with van der Waals surface area (Å²) in [5, 5.41) is 0. The molecule has 0 bridgehead atoms. The molecule has 6 nitrogen and oxygen atoms in total. The molecule has 0 spiro atoms. The first-order valence-electron chi connectivity index (χ1n) is 6.68. The molecular weight excluding hydrogens is 288 g/mol. The van der Waals surface area contributed by atoms with E-state index in [1.54, 1.807) is 18.2 Å². The van der Waals surface area contributed by atoms with Crippen LogP contribution in [0.1, 0.15) is 30.3 Å². The fourth-order valence-electron chi connectivity index (χ4n) is 2.01. The van der Waals surface area contributed by atoms with E-state index in [2.05, 4.69) is 14.7 Å². The van der Waals surface area contributed by atoms with Crippen LogP contribution in [0.2, 0.25) is 0 Å². The van der Waals surface area contributed by atoms with Gasteiger partial charge in [0.2, 0.25) is 0 Å². The molecule has 0 atom stereocenters. The number of hydrogen-bond acceptors (Lipinski definition) is 5. The molecule has 110 valence electrons. The Balaban J connectivity index is 1.90. The van der Waals surface area contributed by atoms with Crippen molar-refractivity contribution in [2.45, 2.75) is 30.6 Å². The first-order valence-corrected chi connectivity index (χ1v) is 8.16. The summed E-state index contributed by atoms with van der Waals surface area (Å²) >= 11 is 0. The van der Waals surface area contributed by atoms with Crippen molar-refractivity contribution in [3.05, 3.63) is 41.9 Å². The number of aryl methyl sites for hydroxylation is 1. The zero-order chi connectivity index (χ0) is 15.0. The molecule has 0 amide bonds.